The third-order valence-electron chi connectivity index (χ3n) is 3.78. The summed E-state index contributed by atoms with van der Waals surface area (Å²) in [5, 5.41) is 0.780. The molecule has 1 fully saturated rings. The lowest BCUT2D eigenvalue weighted by molar-refractivity contribution is 0.392. The van der Waals surface area contributed by atoms with Gasteiger partial charge < -0.3 is 9.80 Å². The summed E-state index contributed by atoms with van der Waals surface area (Å²) in [6.45, 7) is 3.87. The Balaban J connectivity index is 1.63. The van der Waals surface area contributed by atoms with Crippen molar-refractivity contribution in [2.75, 3.05) is 31.1 Å². The molecular weight excluding hydrogens is 300 g/mol. The van der Waals surface area contributed by atoms with Crippen molar-refractivity contribution in [3.05, 3.63) is 65.2 Å². The molecule has 2 aromatic rings. The number of hydrogen-bond donors (Lipinski definition) is 0. The van der Waals surface area contributed by atoms with Crippen LogP contribution in [-0.4, -0.2) is 36.1 Å². The molecule has 0 N–H and O–H groups in total. The van der Waals surface area contributed by atoms with Gasteiger partial charge in [0, 0.05) is 42.5 Å². The predicted molar refractivity (Wildman–Crippen MR) is 93.4 cm³/mol. The van der Waals surface area contributed by atoms with Crippen LogP contribution in [0.15, 0.2) is 54.6 Å². The second-order valence-electron chi connectivity index (χ2n) is 5.12. The van der Waals surface area contributed by atoms with Crippen LogP contribution in [0.2, 0.25) is 5.02 Å². The zero-order chi connectivity index (χ0) is 14.7. The van der Waals surface area contributed by atoms with Crippen LogP contribution in [0.4, 0.5) is 5.69 Å². The van der Waals surface area contributed by atoms with Crippen molar-refractivity contribution in [3.8, 4) is 0 Å². The Morgan fingerprint density at radius 3 is 2.10 bits per heavy atom. The maximum absolute atomic E-state index is 5.94. The first-order chi connectivity index (χ1) is 10.2. The molecule has 0 saturated carbocycles. The topological polar surface area (TPSA) is 6.48 Å². The number of anilines is 1. The average molecular weight is 317 g/mol. The molecule has 3 rings (SSSR count). The lowest BCUT2D eigenvalue weighted by Gasteiger charge is -2.37. The summed E-state index contributed by atoms with van der Waals surface area (Å²) < 4.78 is 0. The molecule has 1 aliphatic rings. The fraction of sp³-hybridized carbons (Fsp3) is 0.235. The summed E-state index contributed by atoms with van der Waals surface area (Å²) in [5.74, 6) is 0. The van der Waals surface area contributed by atoms with Crippen molar-refractivity contribution in [2.45, 2.75) is 0 Å². The highest BCUT2D eigenvalue weighted by Gasteiger charge is 2.19. The lowest BCUT2D eigenvalue weighted by atomic mass is 10.2. The second kappa shape index (κ2) is 6.46. The molecule has 2 nitrogen and oxygen atoms in total. The second-order valence-corrected chi connectivity index (χ2v) is 5.94. The van der Waals surface area contributed by atoms with E-state index in [0.717, 1.165) is 41.8 Å². The normalized spacial score (nSPS) is 15.1. The van der Waals surface area contributed by atoms with E-state index in [1.54, 1.807) is 0 Å². The molecule has 0 bridgehead atoms. The van der Waals surface area contributed by atoms with Crippen LogP contribution in [0.5, 0.6) is 0 Å². The van der Waals surface area contributed by atoms with Gasteiger partial charge in [-0.15, -0.1) is 0 Å². The van der Waals surface area contributed by atoms with Gasteiger partial charge in [-0.1, -0.05) is 54.2 Å². The van der Waals surface area contributed by atoms with Gasteiger partial charge in [0.05, 0.1) is 0 Å². The van der Waals surface area contributed by atoms with E-state index in [2.05, 4.69) is 34.1 Å². The summed E-state index contributed by atoms with van der Waals surface area (Å²) in [6.07, 6.45) is 0. The number of hydrogen-bond acceptors (Lipinski definition) is 2. The first-order valence-electron chi connectivity index (χ1n) is 7.09. The number of benzene rings is 2. The summed E-state index contributed by atoms with van der Waals surface area (Å²) in [5.41, 5.74) is 2.36. The van der Waals surface area contributed by atoms with Crippen molar-refractivity contribution in [1.29, 1.82) is 0 Å². The van der Waals surface area contributed by atoms with Crippen LogP contribution in [0, 0.1) is 0 Å². The quantitative estimate of drug-likeness (QED) is 0.777. The molecule has 1 saturated heterocycles. The zero-order valence-electron chi connectivity index (χ0n) is 11.7. The fourth-order valence-corrected chi connectivity index (χ4v) is 3.03. The largest absolute Gasteiger partial charge is 0.368 e. The predicted octanol–water partition coefficient (Wildman–Crippen LogP) is 3.84. The van der Waals surface area contributed by atoms with Gasteiger partial charge in [0.1, 0.15) is 4.99 Å². The van der Waals surface area contributed by atoms with Gasteiger partial charge >= 0.3 is 0 Å². The zero-order valence-corrected chi connectivity index (χ0v) is 13.3. The molecule has 0 unspecified atom stereocenters. The maximum atomic E-state index is 5.94. The minimum Gasteiger partial charge on any atom is -0.368 e. The van der Waals surface area contributed by atoms with E-state index in [1.807, 2.05) is 30.3 Å². The fourth-order valence-electron chi connectivity index (χ4n) is 2.58. The molecule has 0 amide bonds. The average Bonchev–Trinajstić information content (AvgIpc) is 2.56. The van der Waals surface area contributed by atoms with Gasteiger partial charge in [-0.25, -0.2) is 0 Å². The van der Waals surface area contributed by atoms with Gasteiger partial charge in [0.15, 0.2) is 0 Å². The Bertz CT molecular complexity index is 604. The molecule has 0 radical (unpaired) electrons. The van der Waals surface area contributed by atoms with E-state index in [9.17, 15) is 0 Å². The van der Waals surface area contributed by atoms with Gasteiger partial charge in [-0.2, -0.15) is 0 Å². The smallest absolute Gasteiger partial charge is 0.109 e. The first kappa shape index (κ1) is 14.4. The Hall–Kier alpha value is -1.58. The summed E-state index contributed by atoms with van der Waals surface area (Å²) in [7, 11) is 0. The summed E-state index contributed by atoms with van der Waals surface area (Å²) in [6, 6.07) is 18.3. The molecule has 108 valence electrons. The SMILES string of the molecule is S=C(c1ccccc1)N1CCN(c2ccc(Cl)cc2)CC1. The molecule has 0 spiro atoms. The van der Waals surface area contributed by atoms with Gasteiger partial charge in [0.2, 0.25) is 0 Å². The molecular formula is C17H17ClN2S. The van der Waals surface area contributed by atoms with Crippen molar-refractivity contribution in [1.82, 2.24) is 4.90 Å². The van der Waals surface area contributed by atoms with Crippen molar-refractivity contribution in [3.63, 3.8) is 0 Å². The Morgan fingerprint density at radius 2 is 1.48 bits per heavy atom. The van der Waals surface area contributed by atoms with Gasteiger partial charge in [0.25, 0.3) is 0 Å². The minimum absolute atomic E-state index is 0.780. The molecule has 1 heterocycles. The van der Waals surface area contributed by atoms with Gasteiger partial charge in [-0.05, 0) is 24.3 Å². The van der Waals surface area contributed by atoms with E-state index in [0.29, 0.717) is 0 Å². The molecule has 0 atom stereocenters. The van der Waals surface area contributed by atoms with E-state index < -0.39 is 0 Å². The highest BCUT2D eigenvalue weighted by molar-refractivity contribution is 7.80. The van der Waals surface area contributed by atoms with Crippen LogP contribution in [0.3, 0.4) is 0 Å². The highest BCUT2D eigenvalue weighted by atomic mass is 35.5. The van der Waals surface area contributed by atoms with Crippen LogP contribution < -0.4 is 4.90 Å². The standard InChI is InChI=1S/C17H17ClN2S/c18-15-6-8-16(9-7-15)19-10-12-20(13-11-19)17(21)14-4-2-1-3-5-14/h1-9H,10-13H2. The third kappa shape index (κ3) is 3.36. The number of rotatable bonds is 2. The van der Waals surface area contributed by atoms with Crippen LogP contribution >= 0.6 is 23.8 Å². The molecule has 21 heavy (non-hydrogen) atoms. The number of nitrogens with zero attached hydrogens (tertiary/aromatic N) is 2. The first-order valence-corrected chi connectivity index (χ1v) is 7.87. The molecule has 0 aliphatic carbocycles. The maximum Gasteiger partial charge on any atom is 0.109 e. The van der Waals surface area contributed by atoms with Crippen molar-refractivity contribution in [2.24, 2.45) is 0 Å². The third-order valence-corrected chi connectivity index (χ3v) is 4.53. The molecule has 4 heteroatoms. The Labute approximate surface area is 135 Å². The van der Waals surface area contributed by atoms with E-state index in [4.69, 9.17) is 23.8 Å². The molecule has 1 aliphatic heterocycles. The summed E-state index contributed by atoms with van der Waals surface area (Å²) in [4.78, 5) is 5.61. The van der Waals surface area contributed by atoms with Crippen LogP contribution in [0.25, 0.3) is 0 Å². The van der Waals surface area contributed by atoms with Crippen molar-refractivity contribution < 1.29 is 0 Å². The monoisotopic (exact) mass is 316 g/mol. The molecule has 2 aromatic carbocycles. The minimum atomic E-state index is 0.780. The molecule has 0 aromatic heterocycles. The highest BCUT2D eigenvalue weighted by Crippen LogP contribution is 2.20. The van der Waals surface area contributed by atoms with Crippen LogP contribution in [-0.2, 0) is 0 Å². The van der Waals surface area contributed by atoms with E-state index in [1.165, 1.54) is 5.69 Å². The Kier molecular flexibility index (Phi) is 4.42. The number of thiocarbonyl (C=S) groups is 1. The van der Waals surface area contributed by atoms with Crippen LogP contribution in [0.1, 0.15) is 5.56 Å². The van der Waals surface area contributed by atoms with Gasteiger partial charge in [-0.3, -0.25) is 0 Å². The van der Waals surface area contributed by atoms with E-state index in [-0.39, 0.29) is 0 Å². The number of piperazine rings is 1. The Morgan fingerprint density at radius 1 is 0.857 bits per heavy atom. The van der Waals surface area contributed by atoms with Crippen molar-refractivity contribution >= 4 is 34.5 Å². The number of halogens is 1. The summed E-state index contributed by atoms with van der Waals surface area (Å²) >= 11 is 11.5. The lowest BCUT2D eigenvalue weighted by Crippen LogP contribution is -2.48. The van der Waals surface area contributed by atoms with E-state index >= 15 is 0 Å².